The Morgan fingerprint density at radius 2 is 1.86 bits per heavy atom. The monoisotopic (exact) mass is 294 g/mol. The second-order valence-electron chi connectivity index (χ2n) is 4.54. The molecule has 0 aromatic heterocycles. The lowest BCUT2D eigenvalue weighted by Gasteiger charge is -2.12. The molecule has 0 heterocycles. The van der Waals surface area contributed by atoms with Gasteiger partial charge in [-0.1, -0.05) is 18.2 Å². The maximum absolute atomic E-state index is 11.6. The Balaban J connectivity index is 2.45. The lowest BCUT2D eigenvalue weighted by Crippen LogP contribution is -2.41. The number of carboxylic acid groups (broad SMARTS) is 2. The zero-order chi connectivity index (χ0) is 15.8. The highest BCUT2D eigenvalue weighted by Crippen LogP contribution is 2.09. The van der Waals surface area contributed by atoms with E-state index < -0.39 is 23.9 Å². The molecule has 0 bridgehead atoms. The Labute approximate surface area is 121 Å². The van der Waals surface area contributed by atoms with Crippen LogP contribution in [0.15, 0.2) is 24.3 Å². The smallest absolute Gasteiger partial charge is 0.335 e. The van der Waals surface area contributed by atoms with Crippen molar-refractivity contribution in [3.63, 3.8) is 0 Å². The van der Waals surface area contributed by atoms with Crippen molar-refractivity contribution < 1.29 is 24.6 Å². The number of carbonyl (C=O) groups excluding carboxylic acids is 1. The summed E-state index contributed by atoms with van der Waals surface area (Å²) < 4.78 is 0. The van der Waals surface area contributed by atoms with Crippen LogP contribution in [0.4, 0.5) is 0 Å². The van der Waals surface area contributed by atoms with Gasteiger partial charge in [0.15, 0.2) is 0 Å². The molecule has 0 aliphatic heterocycles. The number of hydrogen-bond donors (Lipinski definition) is 4. The van der Waals surface area contributed by atoms with Crippen molar-refractivity contribution in [3.8, 4) is 0 Å². The Morgan fingerprint density at radius 3 is 2.48 bits per heavy atom. The van der Waals surface area contributed by atoms with Gasteiger partial charge in [0.2, 0.25) is 5.91 Å². The van der Waals surface area contributed by atoms with Crippen LogP contribution in [0.1, 0.15) is 28.8 Å². The molecule has 5 N–H and O–H groups in total. The predicted octanol–water partition coefficient (Wildman–Crippen LogP) is 0.236. The van der Waals surface area contributed by atoms with Crippen LogP contribution in [0.5, 0.6) is 0 Å². The molecule has 0 saturated heterocycles. The number of rotatable bonds is 8. The van der Waals surface area contributed by atoms with Crippen LogP contribution >= 0.6 is 0 Å². The maximum atomic E-state index is 11.6. The molecule has 7 heteroatoms. The van der Waals surface area contributed by atoms with Crippen molar-refractivity contribution in [2.75, 3.05) is 6.54 Å². The zero-order valence-corrected chi connectivity index (χ0v) is 11.4. The van der Waals surface area contributed by atoms with Crippen LogP contribution in [0, 0.1) is 0 Å². The summed E-state index contributed by atoms with van der Waals surface area (Å²) in [6, 6.07) is 5.66. The largest absolute Gasteiger partial charge is 0.481 e. The van der Waals surface area contributed by atoms with E-state index in [9.17, 15) is 14.4 Å². The summed E-state index contributed by atoms with van der Waals surface area (Å²) in [5, 5.41) is 20.1. The number of nitrogens with one attached hydrogen (secondary N) is 1. The molecule has 0 aliphatic rings. The highest BCUT2D eigenvalue weighted by molar-refractivity contribution is 5.89. The Kier molecular flexibility index (Phi) is 6.35. The number of nitrogens with two attached hydrogens (primary N) is 1. The van der Waals surface area contributed by atoms with Crippen molar-refractivity contribution in [3.05, 3.63) is 35.4 Å². The van der Waals surface area contributed by atoms with E-state index >= 15 is 0 Å². The van der Waals surface area contributed by atoms with E-state index in [0.29, 0.717) is 12.0 Å². The van der Waals surface area contributed by atoms with Gasteiger partial charge in [-0.3, -0.25) is 9.59 Å². The predicted molar refractivity (Wildman–Crippen MR) is 75.0 cm³/mol. The SMILES string of the molecule is NC(CCC(=O)O)C(=O)NCCc1ccccc1C(=O)O. The van der Waals surface area contributed by atoms with E-state index in [1.807, 2.05) is 0 Å². The van der Waals surface area contributed by atoms with Gasteiger partial charge >= 0.3 is 11.9 Å². The average Bonchev–Trinajstić information content (AvgIpc) is 2.44. The molecule has 1 atom stereocenters. The van der Waals surface area contributed by atoms with Gasteiger partial charge in [-0.2, -0.15) is 0 Å². The molecule has 114 valence electrons. The van der Waals surface area contributed by atoms with E-state index in [4.69, 9.17) is 15.9 Å². The third kappa shape index (κ3) is 5.62. The molecule has 7 nitrogen and oxygen atoms in total. The first-order chi connectivity index (χ1) is 9.91. The number of aromatic carboxylic acids is 1. The van der Waals surface area contributed by atoms with Crippen molar-refractivity contribution in [2.45, 2.75) is 25.3 Å². The topological polar surface area (TPSA) is 130 Å². The maximum Gasteiger partial charge on any atom is 0.335 e. The van der Waals surface area contributed by atoms with Gasteiger partial charge in [-0.15, -0.1) is 0 Å². The summed E-state index contributed by atoms with van der Waals surface area (Å²) in [7, 11) is 0. The van der Waals surface area contributed by atoms with Gasteiger partial charge in [-0.25, -0.2) is 4.79 Å². The third-order valence-electron chi connectivity index (χ3n) is 2.95. The second-order valence-corrected chi connectivity index (χ2v) is 4.54. The standard InChI is InChI=1S/C14H18N2O5/c15-11(5-6-12(17)18)13(19)16-8-7-9-3-1-2-4-10(9)14(20)21/h1-4,11H,5-8,15H2,(H,16,19)(H,17,18)(H,20,21). The zero-order valence-electron chi connectivity index (χ0n) is 11.4. The minimum Gasteiger partial charge on any atom is -0.481 e. The van der Waals surface area contributed by atoms with E-state index in [1.165, 1.54) is 6.07 Å². The fourth-order valence-electron chi connectivity index (χ4n) is 1.81. The number of aliphatic carboxylic acids is 1. The Morgan fingerprint density at radius 1 is 1.19 bits per heavy atom. The molecular formula is C14H18N2O5. The summed E-state index contributed by atoms with van der Waals surface area (Å²) in [5.41, 5.74) is 6.37. The Hall–Kier alpha value is -2.41. The number of benzene rings is 1. The normalized spacial score (nSPS) is 11.7. The number of amides is 1. The first kappa shape index (κ1) is 16.6. The molecule has 1 rings (SSSR count). The number of carboxylic acids is 2. The molecule has 1 unspecified atom stereocenters. The van der Waals surface area contributed by atoms with Gasteiger partial charge in [0.05, 0.1) is 11.6 Å². The van der Waals surface area contributed by atoms with Crippen LogP contribution < -0.4 is 11.1 Å². The summed E-state index contributed by atoms with van der Waals surface area (Å²) in [4.78, 5) is 33.0. The molecule has 1 aromatic rings. The minimum atomic E-state index is -1.02. The quantitative estimate of drug-likeness (QED) is 0.543. The summed E-state index contributed by atoms with van der Waals surface area (Å²) in [6.45, 7) is 0.240. The van der Waals surface area contributed by atoms with Crippen LogP contribution in [-0.2, 0) is 16.0 Å². The van der Waals surface area contributed by atoms with Crippen molar-refractivity contribution in [1.82, 2.24) is 5.32 Å². The van der Waals surface area contributed by atoms with Crippen molar-refractivity contribution in [2.24, 2.45) is 5.73 Å². The molecule has 0 radical (unpaired) electrons. The van der Waals surface area contributed by atoms with Gasteiger partial charge in [0, 0.05) is 13.0 Å². The van der Waals surface area contributed by atoms with Gasteiger partial charge in [0.25, 0.3) is 0 Å². The minimum absolute atomic E-state index is 0.0624. The summed E-state index contributed by atoms with van der Waals surface area (Å²) in [6.07, 6.45) is 0.253. The third-order valence-corrected chi connectivity index (χ3v) is 2.95. The van der Waals surface area contributed by atoms with E-state index in [1.54, 1.807) is 18.2 Å². The fourth-order valence-corrected chi connectivity index (χ4v) is 1.81. The first-order valence-electron chi connectivity index (χ1n) is 6.48. The Bertz CT molecular complexity index is 530. The van der Waals surface area contributed by atoms with Gasteiger partial charge in [-0.05, 0) is 24.5 Å². The number of carbonyl (C=O) groups is 3. The van der Waals surface area contributed by atoms with E-state index in [0.717, 1.165) is 0 Å². The highest BCUT2D eigenvalue weighted by Gasteiger charge is 2.15. The fraction of sp³-hybridized carbons (Fsp3) is 0.357. The molecule has 0 fully saturated rings. The average molecular weight is 294 g/mol. The molecule has 0 spiro atoms. The van der Waals surface area contributed by atoms with Crippen molar-refractivity contribution in [1.29, 1.82) is 0 Å². The van der Waals surface area contributed by atoms with Crippen LogP contribution in [0.25, 0.3) is 0 Å². The molecule has 21 heavy (non-hydrogen) atoms. The van der Waals surface area contributed by atoms with Crippen LogP contribution in [0.3, 0.4) is 0 Å². The van der Waals surface area contributed by atoms with E-state index in [-0.39, 0.29) is 24.9 Å². The lowest BCUT2D eigenvalue weighted by atomic mass is 10.0. The van der Waals surface area contributed by atoms with Crippen LogP contribution in [-0.4, -0.2) is 40.6 Å². The molecule has 0 aliphatic carbocycles. The summed E-state index contributed by atoms with van der Waals surface area (Å²) in [5.74, 6) is -2.47. The molecular weight excluding hydrogens is 276 g/mol. The highest BCUT2D eigenvalue weighted by atomic mass is 16.4. The molecule has 1 aromatic carbocycles. The first-order valence-corrected chi connectivity index (χ1v) is 6.48. The van der Waals surface area contributed by atoms with Crippen molar-refractivity contribution >= 4 is 17.8 Å². The lowest BCUT2D eigenvalue weighted by molar-refractivity contribution is -0.137. The molecule has 0 saturated carbocycles. The number of hydrogen-bond acceptors (Lipinski definition) is 4. The summed E-state index contributed by atoms with van der Waals surface area (Å²) >= 11 is 0. The van der Waals surface area contributed by atoms with Gasteiger partial charge in [0.1, 0.15) is 0 Å². The van der Waals surface area contributed by atoms with E-state index in [2.05, 4.69) is 5.32 Å². The second kappa shape index (κ2) is 8.01. The van der Waals surface area contributed by atoms with Crippen LogP contribution in [0.2, 0.25) is 0 Å². The molecule has 1 amide bonds. The van der Waals surface area contributed by atoms with Gasteiger partial charge < -0.3 is 21.3 Å².